The van der Waals surface area contributed by atoms with Crippen LogP contribution in [0, 0.1) is 11.3 Å². The van der Waals surface area contributed by atoms with Gasteiger partial charge in [0.25, 0.3) is 11.8 Å². The van der Waals surface area contributed by atoms with Crippen molar-refractivity contribution < 1.29 is 14.3 Å². The molecule has 1 aliphatic rings. The molecule has 1 heterocycles. The number of methoxy groups -OCH3 is 1. The summed E-state index contributed by atoms with van der Waals surface area (Å²) in [5, 5.41) is 15.1. The number of amidine groups is 1. The van der Waals surface area contributed by atoms with E-state index in [0.29, 0.717) is 42.1 Å². The predicted octanol–water partition coefficient (Wildman–Crippen LogP) is 2.26. The number of benzene rings is 2. The first kappa shape index (κ1) is 20.0. The summed E-state index contributed by atoms with van der Waals surface area (Å²) in [6.07, 6.45) is 0.633. The largest absolute Gasteiger partial charge is 0.385 e. The molecule has 0 aliphatic carbocycles. The van der Waals surface area contributed by atoms with Crippen LogP contribution in [0.25, 0.3) is 5.70 Å². The van der Waals surface area contributed by atoms with Gasteiger partial charge < -0.3 is 15.4 Å². The summed E-state index contributed by atoms with van der Waals surface area (Å²) in [5.41, 5.74) is 1.92. The molecule has 0 fully saturated rings. The zero-order chi connectivity index (χ0) is 20.6. The van der Waals surface area contributed by atoms with Crippen LogP contribution in [0.4, 0.5) is 0 Å². The Morgan fingerprint density at radius 1 is 1.07 bits per heavy atom. The molecule has 0 spiro atoms. The number of fused-ring (bicyclic) bond motifs is 1. The van der Waals surface area contributed by atoms with Gasteiger partial charge in [-0.1, -0.05) is 42.5 Å². The Balaban J connectivity index is 1.90. The van der Waals surface area contributed by atoms with Crippen LogP contribution in [0.15, 0.2) is 65.2 Å². The molecule has 2 aromatic rings. The lowest BCUT2D eigenvalue weighted by atomic mass is 10.0. The van der Waals surface area contributed by atoms with Crippen LogP contribution in [0.3, 0.4) is 0 Å². The monoisotopic (exact) mass is 388 g/mol. The lowest BCUT2D eigenvalue weighted by molar-refractivity contribution is -0.117. The van der Waals surface area contributed by atoms with Crippen molar-refractivity contribution in [3.8, 4) is 6.07 Å². The van der Waals surface area contributed by atoms with E-state index in [0.717, 1.165) is 0 Å². The molecule has 146 valence electrons. The standard InChI is InChI=1S/C22H20N4O3/c1-29-13-7-12-24-22(28)18(14-23)19-16-10-5-6-11-17(16)20(25-19)26-21(27)15-8-3-2-4-9-15/h2-6,8-11H,7,12-13H2,1H3,(H,24,28)(H,25,26,27)/b19-18+. The number of rotatable bonds is 6. The molecule has 0 aromatic heterocycles. The Hall–Kier alpha value is -3.76. The van der Waals surface area contributed by atoms with Crippen molar-refractivity contribution in [1.82, 2.24) is 10.6 Å². The number of nitrogens with one attached hydrogen (secondary N) is 2. The Morgan fingerprint density at radius 2 is 1.76 bits per heavy atom. The molecular weight excluding hydrogens is 368 g/mol. The highest BCUT2D eigenvalue weighted by Crippen LogP contribution is 2.30. The lowest BCUT2D eigenvalue weighted by Gasteiger charge is -2.06. The smallest absolute Gasteiger partial charge is 0.264 e. The molecule has 3 rings (SSSR count). The summed E-state index contributed by atoms with van der Waals surface area (Å²) in [4.78, 5) is 29.4. The Labute approximate surface area is 168 Å². The summed E-state index contributed by atoms with van der Waals surface area (Å²) < 4.78 is 4.95. The minimum atomic E-state index is -0.507. The first-order valence-corrected chi connectivity index (χ1v) is 9.12. The molecule has 2 aromatic carbocycles. The summed E-state index contributed by atoms with van der Waals surface area (Å²) >= 11 is 0. The van der Waals surface area contributed by atoms with E-state index in [1.807, 2.05) is 18.2 Å². The Bertz CT molecular complexity index is 1020. The van der Waals surface area contributed by atoms with Crippen molar-refractivity contribution in [2.75, 3.05) is 20.3 Å². The van der Waals surface area contributed by atoms with Crippen LogP contribution in [0.1, 0.15) is 27.9 Å². The van der Waals surface area contributed by atoms with E-state index >= 15 is 0 Å². The highest BCUT2D eigenvalue weighted by molar-refractivity contribution is 6.20. The van der Waals surface area contributed by atoms with Gasteiger partial charge in [-0.3, -0.25) is 9.59 Å². The van der Waals surface area contributed by atoms with Gasteiger partial charge in [0.05, 0.1) is 5.70 Å². The van der Waals surface area contributed by atoms with E-state index in [9.17, 15) is 14.9 Å². The molecule has 0 atom stereocenters. The van der Waals surface area contributed by atoms with Gasteiger partial charge in [0.1, 0.15) is 17.5 Å². The van der Waals surface area contributed by atoms with Gasteiger partial charge in [-0.2, -0.15) is 5.26 Å². The number of ether oxygens (including phenoxy) is 1. The number of nitriles is 1. The molecule has 0 saturated carbocycles. The molecule has 0 saturated heterocycles. The quantitative estimate of drug-likeness (QED) is 0.450. The maximum absolute atomic E-state index is 12.5. The number of carbonyl (C=O) groups is 2. The number of carbonyl (C=O) groups excluding carboxylic acids is 2. The number of hydrogen-bond donors (Lipinski definition) is 2. The summed E-state index contributed by atoms with van der Waals surface area (Å²) in [7, 11) is 1.58. The van der Waals surface area contributed by atoms with Crippen molar-refractivity contribution in [1.29, 1.82) is 5.26 Å². The minimum absolute atomic E-state index is 0.0983. The predicted molar refractivity (Wildman–Crippen MR) is 109 cm³/mol. The van der Waals surface area contributed by atoms with Crippen LogP contribution in [0.5, 0.6) is 0 Å². The third kappa shape index (κ3) is 4.57. The molecule has 0 unspecified atom stereocenters. The average molecular weight is 388 g/mol. The van der Waals surface area contributed by atoms with E-state index in [4.69, 9.17) is 4.74 Å². The van der Waals surface area contributed by atoms with E-state index < -0.39 is 5.91 Å². The molecule has 0 radical (unpaired) electrons. The van der Waals surface area contributed by atoms with E-state index in [-0.39, 0.29) is 17.2 Å². The molecule has 2 amide bonds. The van der Waals surface area contributed by atoms with Crippen LogP contribution in [-0.2, 0) is 9.53 Å². The van der Waals surface area contributed by atoms with Gasteiger partial charge in [0.15, 0.2) is 0 Å². The van der Waals surface area contributed by atoms with Crippen LogP contribution in [0.2, 0.25) is 0 Å². The van der Waals surface area contributed by atoms with Crippen molar-refractivity contribution >= 4 is 23.3 Å². The minimum Gasteiger partial charge on any atom is -0.385 e. The van der Waals surface area contributed by atoms with Gasteiger partial charge in [0, 0.05) is 37.0 Å². The maximum atomic E-state index is 12.5. The van der Waals surface area contributed by atoms with E-state index in [1.165, 1.54) is 0 Å². The summed E-state index contributed by atoms with van der Waals surface area (Å²) in [6, 6.07) is 17.9. The number of aliphatic imine (C=N–C) groups is 1. The van der Waals surface area contributed by atoms with Crippen LogP contribution in [-0.4, -0.2) is 37.9 Å². The molecule has 2 N–H and O–H groups in total. The van der Waals surface area contributed by atoms with Gasteiger partial charge in [0.2, 0.25) is 0 Å². The molecule has 7 heteroatoms. The molecular formula is C22H20N4O3. The van der Waals surface area contributed by atoms with Crippen LogP contribution < -0.4 is 10.6 Å². The topological polar surface area (TPSA) is 104 Å². The fourth-order valence-electron chi connectivity index (χ4n) is 2.90. The fraction of sp³-hybridized carbons (Fsp3) is 0.182. The van der Waals surface area contributed by atoms with E-state index in [1.54, 1.807) is 49.6 Å². The molecule has 0 bridgehead atoms. The van der Waals surface area contributed by atoms with E-state index in [2.05, 4.69) is 15.6 Å². The van der Waals surface area contributed by atoms with Gasteiger partial charge in [-0.15, -0.1) is 0 Å². The molecule has 29 heavy (non-hydrogen) atoms. The Morgan fingerprint density at radius 3 is 2.45 bits per heavy atom. The van der Waals surface area contributed by atoms with Crippen molar-refractivity contribution in [3.05, 3.63) is 76.9 Å². The highest BCUT2D eigenvalue weighted by Gasteiger charge is 2.27. The zero-order valence-electron chi connectivity index (χ0n) is 15.9. The number of hydrogen-bond acceptors (Lipinski definition) is 5. The van der Waals surface area contributed by atoms with Gasteiger partial charge in [-0.25, -0.2) is 4.99 Å². The second-order valence-corrected chi connectivity index (χ2v) is 6.26. The maximum Gasteiger partial charge on any atom is 0.264 e. The van der Waals surface area contributed by atoms with Crippen molar-refractivity contribution in [2.24, 2.45) is 4.99 Å². The first-order valence-electron chi connectivity index (χ1n) is 9.12. The fourth-order valence-corrected chi connectivity index (χ4v) is 2.90. The zero-order valence-corrected chi connectivity index (χ0v) is 15.9. The van der Waals surface area contributed by atoms with Crippen molar-refractivity contribution in [2.45, 2.75) is 6.42 Å². The Kier molecular flexibility index (Phi) is 6.51. The second kappa shape index (κ2) is 9.44. The lowest BCUT2D eigenvalue weighted by Crippen LogP contribution is -2.30. The van der Waals surface area contributed by atoms with Crippen LogP contribution >= 0.6 is 0 Å². The molecule has 7 nitrogen and oxygen atoms in total. The highest BCUT2D eigenvalue weighted by atomic mass is 16.5. The molecule has 1 aliphatic heterocycles. The summed E-state index contributed by atoms with van der Waals surface area (Å²) in [5.74, 6) is -0.514. The SMILES string of the molecule is COCCCNC(=O)/C(C#N)=C1/N=C(NC(=O)c2ccccc2)c2ccccc21. The van der Waals surface area contributed by atoms with Crippen molar-refractivity contribution in [3.63, 3.8) is 0 Å². The third-order valence-electron chi connectivity index (χ3n) is 4.32. The number of nitrogens with zero attached hydrogens (tertiary/aromatic N) is 2. The van der Waals surface area contributed by atoms with Gasteiger partial charge in [-0.05, 0) is 18.6 Å². The third-order valence-corrected chi connectivity index (χ3v) is 4.32. The normalized spacial score (nSPS) is 13.7. The first-order chi connectivity index (χ1) is 14.2. The van der Waals surface area contributed by atoms with Gasteiger partial charge >= 0.3 is 0 Å². The summed E-state index contributed by atoms with van der Waals surface area (Å²) in [6.45, 7) is 0.892. The number of amides is 2. The average Bonchev–Trinajstić information content (AvgIpc) is 3.11. The second-order valence-electron chi connectivity index (χ2n) is 6.26.